The molecule has 21 heavy (non-hydrogen) atoms. The van der Waals surface area contributed by atoms with Gasteiger partial charge in [-0.05, 0) is 30.2 Å². The first kappa shape index (κ1) is 14.6. The average Bonchev–Trinajstić information content (AvgIpc) is 2.56. The molecule has 3 rings (SSSR count). The summed E-state index contributed by atoms with van der Waals surface area (Å²) in [5.41, 5.74) is 1.53. The van der Waals surface area contributed by atoms with E-state index in [0.29, 0.717) is 0 Å². The molecule has 1 aliphatic carbocycles. The Morgan fingerprint density at radius 3 is 2.10 bits per heavy atom. The maximum atomic E-state index is 2.30. The Kier molecular flexibility index (Phi) is 5.28. The number of hydrogen-bond acceptors (Lipinski definition) is 0. The van der Waals surface area contributed by atoms with Gasteiger partial charge in [0.1, 0.15) is 0 Å². The third-order valence-corrected chi connectivity index (χ3v) is 6.22. The molecule has 0 saturated heterocycles. The minimum atomic E-state index is 0.900. The third kappa shape index (κ3) is 4.31. The van der Waals surface area contributed by atoms with Crippen molar-refractivity contribution in [2.75, 3.05) is 0 Å². The van der Waals surface area contributed by atoms with E-state index in [2.05, 4.69) is 60.7 Å². The fraction of sp³-hybridized carbons (Fsp3) is 0.400. The second-order valence-electron chi connectivity index (χ2n) is 6.24. The maximum absolute atomic E-state index is 2.30. The van der Waals surface area contributed by atoms with Crippen LogP contribution in [0.3, 0.4) is 0 Å². The second kappa shape index (κ2) is 7.60. The molecule has 0 amide bonds. The molecule has 0 bridgehead atoms. The lowest BCUT2D eigenvalue weighted by atomic mass is 9.77. The predicted molar refractivity (Wildman–Crippen MR) is 92.2 cm³/mol. The van der Waals surface area contributed by atoms with Gasteiger partial charge in [0.2, 0.25) is 0 Å². The van der Waals surface area contributed by atoms with Gasteiger partial charge in [-0.25, -0.2) is 0 Å². The van der Waals surface area contributed by atoms with Gasteiger partial charge >= 0.3 is 0 Å². The van der Waals surface area contributed by atoms with Gasteiger partial charge in [-0.15, -0.1) is 0 Å². The van der Waals surface area contributed by atoms with Crippen molar-refractivity contribution in [2.24, 2.45) is 11.8 Å². The molecule has 1 heteroatoms. The van der Waals surface area contributed by atoms with Crippen LogP contribution in [0.5, 0.6) is 0 Å². The van der Waals surface area contributed by atoms with Gasteiger partial charge in [-0.2, -0.15) is 0 Å². The summed E-state index contributed by atoms with van der Waals surface area (Å²) < 4.78 is 0. The van der Waals surface area contributed by atoms with E-state index in [9.17, 15) is 0 Å². The molecule has 1 aliphatic rings. The highest BCUT2D eigenvalue weighted by molar-refractivity contribution is 6.53. The minimum Gasteiger partial charge on any atom is -0.0642 e. The van der Waals surface area contributed by atoms with Gasteiger partial charge in [-0.3, -0.25) is 0 Å². The smallest absolute Gasteiger partial charge is 0.0642 e. The standard InChI is InChI=1S/C20H24Si/c1-3-9-17(10-4-1)15-18-11-7-8-12-19(18)16-21-20-13-5-2-6-14-20/h1-6,9-10,13-14,18-19H,7-8,11-12,15-16H2/t18-,19+/m1/s1. The van der Waals surface area contributed by atoms with E-state index in [0.717, 1.165) is 21.4 Å². The van der Waals surface area contributed by atoms with Crippen LogP contribution in [0.2, 0.25) is 6.04 Å². The summed E-state index contributed by atoms with van der Waals surface area (Å²) in [6.07, 6.45) is 7.03. The van der Waals surface area contributed by atoms with Crippen molar-refractivity contribution in [1.29, 1.82) is 0 Å². The normalized spacial score (nSPS) is 22.1. The molecule has 2 aromatic carbocycles. The average molecular weight is 292 g/mol. The van der Waals surface area contributed by atoms with E-state index in [1.807, 2.05) is 0 Å². The molecule has 0 aromatic heterocycles. The summed E-state index contributed by atoms with van der Waals surface area (Å²) in [4.78, 5) is 0. The summed E-state index contributed by atoms with van der Waals surface area (Å²) in [6.45, 7) is 0. The molecule has 1 fully saturated rings. The fourth-order valence-corrected chi connectivity index (χ4v) is 5.01. The fourth-order valence-electron chi connectivity index (χ4n) is 3.54. The second-order valence-corrected chi connectivity index (χ2v) is 7.58. The van der Waals surface area contributed by atoms with Crippen LogP contribution in [-0.2, 0) is 6.42 Å². The highest BCUT2D eigenvalue weighted by Crippen LogP contribution is 2.34. The topological polar surface area (TPSA) is 0 Å². The van der Waals surface area contributed by atoms with Crippen LogP contribution in [0, 0.1) is 11.8 Å². The molecule has 0 unspecified atom stereocenters. The van der Waals surface area contributed by atoms with Gasteiger partial charge in [0, 0.05) is 0 Å². The SMILES string of the molecule is c1ccc(C[C@H]2CCCC[C@H]2C[Si]c2ccccc2)cc1. The summed E-state index contributed by atoms with van der Waals surface area (Å²) in [5, 5.41) is 1.53. The molecule has 108 valence electrons. The summed E-state index contributed by atoms with van der Waals surface area (Å²) in [7, 11) is 0.982. The van der Waals surface area contributed by atoms with Crippen molar-refractivity contribution in [3.8, 4) is 0 Å². The Bertz CT molecular complexity index is 520. The molecule has 0 spiro atoms. The van der Waals surface area contributed by atoms with Gasteiger partial charge < -0.3 is 0 Å². The Labute approximate surface area is 131 Å². The van der Waals surface area contributed by atoms with Crippen molar-refractivity contribution in [3.05, 3.63) is 66.2 Å². The first-order valence-electron chi connectivity index (χ1n) is 8.24. The van der Waals surface area contributed by atoms with Crippen LogP contribution in [-0.4, -0.2) is 9.52 Å². The van der Waals surface area contributed by atoms with Gasteiger partial charge in [0.05, 0.1) is 9.52 Å². The molecule has 2 aromatic rings. The van der Waals surface area contributed by atoms with Crippen LogP contribution in [0.15, 0.2) is 60.7 Å². The molecular formula is C20H24Si. The monoisotopic (exact) mass is 292 g/mol. The van der Waals surface area contributed by atoms with E-state index in [1.165, 1.54) is 48.9 Å². The molecule has 0 nitrogen and oxygen atoms in total. The van der Waals surface area contributed by atoms with E-state index in [-0.39, 0.29) is 0 Å². The first-order chi connectivity index (χ1) is 10.4. The summed E-state index contributed by atoms with van der Waals surface area (Å²) >= 11 is 0. The molecule has 0 aliphatic heterocycles. The lowest BCUT2D eigenvalue weighted by Gasteiger charge is -2.31. The van der Waals surface area contributed by atoms with E-state index in [1.54, 1.807) is 0 Å². The predicted octanol–water partition coefficient (Wildman–Crippen LogP) is 4.48. The van der Waals surface area contributed by atoms with Crippen LogP contribution < -0.4 is 5.19 Å². The first-order valence-corrected chi connectivity index (χ1v) is 9.45. The van der Waals surface area contributed by atoms with Crippen molar-refractivity contribution in [1.82, 2.24) is 0 Å². The minimum absolute atomic E-state index is 0.900. The molecule has 1 saturated carbocycles. The van der Waals surface area contributed by atoms with Crippen LogP contribution in [0.4, 0.5) is 0 Å². The van der Waals surface area contributed by atoms with Gasteiger partial charge in [0.25, 0.3) is 0 Å². The van der Waals surface area contributed by atoms with Crippen LogP contribution >= 0.6 is 0 Å². The van der Waals surface area contributed by atoms with Gasteiger partial charge in [0.15, 0.2) is 0 Å². The Morgan fingerprint density at radius 1 is 0.762 bits per heavy atom. The zero-order valence-electron chi connectivity index (χ0n) is 12.7. The Hall–Kier alpha value is -1.34. The van der Waals surface area contributed by atoms with Gasteiger partial charge in [-0.1, -0.05) is 91.2 Å². The number of hydrogen-bond donors (Lipinski definition) is 0. The van der Waals surface area contributed by atoms with Crippen molar-refractivity contribution in [3.63, 3.8) is 0 Å². The Morgan fingerprint density at radius 2 is 1.38 bits per heavy atom. The largest absolute Gasteiger partial charge is 0.0810 e. The highest BCUT2D eigenvalue weighted by atomic mass is 28.2. The van der Waals surface area contributed by atoms with Crippen molar-refractivity contribution >= 4 is 14.7 Å². The quantitative estimate of drug-likeness (QED) is 0.713. The van der Waals surface area contributed by atoms with Crippen molar-refractivity contribution < 1.29 is 0 Å². The van der Waals surface area contributed by atoms with E-state index < -0.39 is 0 Å². The third-order valence-electron chi connectivity index (χ3n) is 4.75. The van der Waals surface area contributed by atoms with E-state index in [4.69, 9.17) is 0 Å². The lowest BCUT2D eigenvalue weighted by molar-refractivity contribution is 0.254. The highest BCUT2D eigenvalue weighted by Gasteiger charge is 2.25. The zero-order valence-corrected chi connectivity index (χ0v) is 13.7. The molecule has 0 N–H and O–H groups in total. The molecular weight excluding hydrogens is 268 g/mol. The van der Waals surface area contributed by atoms with Crippen LogP contribution in [0.1, 0.15) is 31.2 Å². The summed E-state index contributed by atoms with van der Waals surface area (Å²) in [6, 6.07) is 23.5. The van der Waals surface area contributed by atoms with E-state index >= 15 is 0 Å². The molecule has 2 radical (unpaired) electrons. The lowest BCUT2D eigenvalue weighted by Crippen LogP contribution is -2.26. The zero-order chi connectivity index (χ0) is 14.3. The molecule has 0 heterocycles. The number of benzene rings is 2. The Balaban J connectivity index is 1.59. The molecule has 2 atom stereocenters. The maximum Gasteiger partial charge on any atom is 0.0810 e. The summed E-state index contributed by atoms with van der Waals surface area (Å²) in [5.74, 6) is 1.83. The number of rotatable bonds is 5. The van der Waals surface area contributed by atoms with Crippen LogP contribution in [0.25, 0.3) is 0 Å². The van der Waals surface area contributed by atoms with Crippen molar-refractivity contribution in [2.45, 2.75) is 38.1 Å².